The summed E-state index contributed by atoms with van der Waals surface area (Å²) in [6.07, 6.45) is 2.59. The Hall–Kier alpha value is -1.41. The predicted molar refractivity (Wildman–Crippen MR) is 59.6 cm³/mol. The molecular weight excluding hydrogens is 186 g/mol. The topological polar surface area (TPSA) is 33.1 Å². The lowest BCUT2D eigenvalue weighted by atomic mass is 9.92. The summed E-state index contributed by atoms with van der Waals surface area (Å²) in [5, 5.41) is 11.0. The van der Waals surface area contributed by atoms with Crippen LogP contribution in [-0.2, 0) is 6.42 Å². The molecule has 3 rings (SSSR count). The Morgan fingerprint density at radius 1 is 1.27 bits per heavy atom. The molecule has 2 nitrogen and oxygen atoms in total. The fourth-order valence-corrected chi connectivity index (χ4v) is 2.29. The van der Waals surface area contributed by atoms with Gasteiger partial charge < -0.3 is 5.11 Å². The van der Waals surface area contributed by atoms with Crippen LogP contribution in [0.1, 0.15) is 30.2 Å². The number of aromatic nitrogens is 1. The third-order valence-electron chi connectivity index (χ3n) is 3.08. The Kier molecular flexibility index (Phi) is 1.96. The Bertz CT molecular complexity index is 507. The highest BCUT2D eigenvalue weighted by Crippen LogP contribution is 2.30. The zero-order chi connectivity index (χ0) is 10.3. The fourth-order valence-electron chi connectivity index (χ4n) is 2.29. The van der Waals surface area contributed by atoms with Gasteiger partial charge in [-0.05, 0) is 37.0 Å². The maximum Gasteiger partial charge on any atom is 0.0962 e. The number of pyridine rings is 1. The monoisotopic (exact) mass is 199 g/mol. The SMILES string of the molecule is OC1CCCc2cc3ccccc3nc21. The van der Waals surface area contributed by atoms with Crippen molar-refractivity contribution in [2.24, 2.45) is 0 Å². The number of hydrogen-bond donors (Lipinski definition) is 1. The number of aryl methyl sites for hydroxylation is 1. The quantitative estimate of drug-likeness (QED) is 0.707. The van der Waals surface area contributed by atoms with E-state index in [1.165, 1.54) is 10.9 Å². The average Bonchev–Trinajstić information content (AvgIpc) is 2.27. The Balaban J connectivity index is 2.27. The fraction of sp³-hybridized carbons (Fsp3) is 0.308. The molecule has 1 N–H and O–H groups in total. The van der Waals surface area contributed by atoms with E-state index in [-0.39, 0.29) is 6.10 Å². The molecular formula is C13H13NO. The van der Waals surface area contributed by atoms with Gasteiger partial charge in [0.1, 0.15) is 0 Å². The molecule has 76 valence electrons. The van der Waals surface area contributed by atoms with Crippen molar-refractivity contribution >= 4 is 10.9 Å². The number of hydrogen-bond acceptors (Lipinski definition) is 2. The second-order valence-electron chi connectivity index (χ2n) is 4.13. The van der Waals surface area contributed by atoms with E-state index < -0.39 is 0 Å². The van der Waals surface area contributed by atoms with E-state index in [0.29, 0.717) is 0 Å². The lowest BCUT2D eigenvalue weighted by Gasteiger charge is -2.20. The zero-order valence-corrected chi connectivity index (χ0v) is 8.48. The van der Waals surface area contributed by atoms with Crippen molar-refractivity contribution in [2.75, 3.05) is 0 Å². The van der Waals surface area contributed by atoms with Gasteiger partial charge in [0.2, 0.25) is 0 Å². The molecule has 0 radical (unpaired) electrons. The summed E-state index contributed by atoms with van der Waals surface area (Å²) in [6, 6.07) is 10.2. The molecule has 15 heavy (non-hydrogen) atoms. The number of benzene rings is 1. The third-order valence-corrected chi connectivity index (χ3v) is 3.08. The molecule has 1 unspecified atom stereocenters. The van der Waals surface area contributed by atoms with Crippen LogP contribution in [0.25, 0.3) is 10.9 Å². The zero-order valence-electron chi connectivity index (χ0n) is 8.48. The minimum atomic E-state index is -0.363. The summed E-state index contributed by atoms with van der Waals surface area (Å²) in [7, 11) is 0. The summed E-state index contributed by atoms with van der Waals surface area (Å²) in [6.45, 7) is 0. The molecule has 1 aliphatic carbocycles. The van der Waals surface area contributed by atoms with E-state index in [1.54, 1.807) is 0 Å². The van der Waals surface area contributed by atoms with Gasteiger partial charge in [-0.25, -0.2) is 4.98 Å². The van der Waals surface area contributed by atoms with Crippen molar-refractivity contribution in [2.45, 2.75) is 25.4 Å². The molecule has 2 heteroatoms. The smallest absolute Gasteiger partial charge is 0.0962 e. The third kappa shape index (κ3) is 1.41. The molecule has 0 fully saturated rings. The first-order chi connectivity index (χ1) is 7.34. The highest BCUT2D eigenvalue weighted by molar-refractivity contribution is 5.79. The van der Waals surface area contributed by atoms with E-state index in [4.69, 9.17) is 0 Å². The van der Waals surface area contributed by atoms with Crippen molar-refractivity contribution in [3.63, 3.8) is 0 Å². The number of aliphatic hydroxyl groups excluding tert-OH is 1. The number of rotatable bonds is 0. The maximum atomic E-state index is 9.86. The van der Waals surface area contributed by atoms with E-state index in [9.17, 15) is 5.11 Å². The first-order valence-electron chi connectivity index (χ1n) is 5.41. The van der Waals surface area contributed by atoms with Crippen LogP contribution in [0, 0.1) is 0 Å². The molecule has 0 bridgehead atoms. The minimum Gasteiger partial charge on any atom is -0.387 e. The summed E-state index contributed by atoms with van der Waals surface area (Å²) in [5.74, 6) is 0. The molecule has 0 spiro atoms. The van der Waals surface area contributed by atoms with Gasteiger partial charge in [0.25, 0.3) is 0 Å². The molecule has 1 heterocycles. The maximum absolute atomic E-state index is 9.86. The lowest BCUT2D eigenvalue weighted by Crippen LogP contribution is -2.11. The number of nitrogens with zero attached hydrogens (tertiary/aromatic N) is 1. The summed E-state index contributed by atoms with van der Waals surface area (Å²) >= 11 is 0. The van der Waals surface area contributed by atoms with Crippen molar-refractivity contribution in [1.29, 1.82) is 0 Å². The molecule has 1 atom stereocenters. The van der Waals surface area contributed by atoms with E-state index >= 15 is 0 Å². The molecule has 0 aliphatic heterocycles. The first kappa shape index (κ1) is 8.86. The van der Waals surface area contributed by atoms with Crippen molar-refractivity contribution in [3.8, 4) is 0 Å². The van der Waals surface area contributed by atoms with Crippen molar-refractivity contribution < 1.29 is 5.11 Å². The van der Waals surface area contributed by atoms with E-state index in [2.05, 4.69) is 17.1 Å². The molecule has 1 aliphatic rings. The Morgan fingerprint density at radius 3 is 3.07 bits per heavy atom. The lowest BCUT2D eigenvalue weighted by molar-refractivity contribution is 0.152. The number of para-hydroxylation sites is 1. The van der Waals surface area contributed by atoms with Gasteiger partial charge in [0.15, 0.2) is 0 Å². The second kappa shape index (κ2) is 3.31. The van der Waals surface area contributed by atoms with Crippen LogP contribution < -0.4 is 0 Å². The van der Waals surface area contributed by atoms with E-state index in [1.807, 2.05) is 18.2 Å². The first-order valence-corrected chi connectivity index (χ1v) is 5.41. The van der Waals surface area contributed by atoms with Crippen LogP contribution >= 0.6 is 0 Å². The van der Waals surface area contributed by atoms with Gasteiger partial charge in [-0.3, -0.25) is 0 Å². The van der Waals surface area contributed by atoms with Gasteiger partial charge in [0, 0.05) is 5.39 Å². The Labute approximate surface area is 88.6 Å². The Morgan fingerprint density at radius 2 is 2.13 bits per heavy atom. The summed E-state index contributed by atoms with van der Waals surface area (Å²) in [4.78, 5) is 4.55. The average molecular weight is 199 g/mol. The summed E-state index contributed by atoms with van der Waals surface area (Å²) < 4.78 is 0. The minimum absolute atomic E-state index is 0.363. The van der Waals surface area contributed by atoms with Crippen LogP contribution in [0.2, 0.25) is 0 Å². The normalized spacial score (nSPS) is 20.2. The van der Waals surface area contributed by atoms with Gasteiger partial charge in [-0.2, -0.15) is 0 Å². The molecule has 0 amide bonds. The van der Waals surface area contributed by atoms with Gasteiger partial charge >= 0.3 is 0 Å². The molecule has 2 aromatic rings. The van der Waals surface area contributed by atoms with Crippen LogP contribution in [0.3, 0.4) is 0 Å². The molecule has 1 aromatic heterocycles. The highest BCUT2D eigenvalue weighted by atomic mass is 16.3. The van der Waals surface area contributed by atoms with Gasteiger partial charge in [0.05, 0.1) is 17.3 Å². The summed E-state index contributed by atoms with van der Waals surface area (Å²) in [5.41, 5.74) is 3.09. The van der Waals surface area contributed by atoms with Gasteiger partial charge in [-0.1, -0.05) is 18.2 Å². The second-order valence-corrected chi connectivity index (χ2v) is 4.13. The molecule has 0 saturated carbocycles. The number of fused-ring (bicyclic) bond motifs is 2. The van der Waals surface area contributed by atoms with Crippen LogP contribution in [0.4, 0.5) is 0 Å². The van der Waals surface area contributed by atoms with Crippen LogP contribution in [0.15, 0.2) is 30.3 Å². The van der Waals surface area contributed by atoms with Crippen LogP contribution in [0.5, 0.6) is 0 Å². The molecule has 0 saturated heterocycles. The largest absolute Gasteiger partial charge is 0.387 e. The van der Waals surface area contributed by atoms with Crippen molar-refractivity contribution in [1.82, 2.24) is 4.98 Å². The van der Waals surface area contributed by atoms with Crippen molar-refractivity contribution in [3.05, 3.63) is 41.6 Å². The number of aliphatic hydroxyl groups is 1. The van der Waals surface area contributed by atoms with Crippen LogP contribution in [-0.4, -0.2) is 10.1 Å². The standard InChI is InChI=1S/C13H13NO/c15-12-7-3-5-10-8-9-4-1-2-6-11(9)14-13(10)12/h1-2,4,6,8,12,15H,3,5,7H2. The predicted octanol–water partition coefficient (Wildman–Crippen LogP) is 2.60. The molecule has 1 aromatic carbocycles. The highest BCUT2D eigenvalue weighted by Gasteiger charge is 2.19. The van der Waals surface area contributed by atoms with E-state index in [0.717, 1.165) is 30.5 Å². The van der Waals surface area contributed by atoms with Gasteiger partial charge in [-0.15, -0.1) is 0 Å².